The number of nitrogens with zero attached hydrogens (tertiary/aromatic N) is 2. The molecule has 2 aromatic rings. The molecule has 18 heavy (non-hydrogen) atoms. The zero-order chi connectivity index (χ0) is 13.1. The van der Waals surface area contributed by atoms with Crippen LogP contribution in [0.25, 0.3) is 10.9 Å². The van der Waals surface area contributed by atoms with Crippen LogP contribution in [0.3, 0.4) is 0 Å². The van der Waals surface area contributed by atoms with Crippen LogP contribution in [0.1, 0.15) is 5.56 Å². The predicted molar refractivity (Wildman–Crippen MR) is 80.9 cm³/mol. The molecule has 0 saturated carbocycles. The largest absolute Gasteiger partial charge is 0.361 e. The molecule has 0 aliphatic rings. The molecule has 3 nitrogen and oxygen atoms in total. The molecule has 1 N–H and O–H groups in total. The molecular formula is C14H20BrN3. The number of fused-ring (bicyclic) bond motifs is 1. The van der Waals surface area contributed by atoms with Gasteiger partial charge in [-0.3, -0.25) is 0 Å². The topological polar surface area (TPSA) is 22.3 Å². The van der Waals surface area contributed by atoms with Gasteiger partial charge in [-0.25, -0.2) is 0 Å². The van der Waals surface area contributed by atoms with Crippen LogP contribution in [-0.2, 0) is 6.54 Å². The number of H-pyrrole nitrogens is 1. The zero-order valence-electron chi connectivity index (χ0n) is 11.2. The van der Waals surface area contributed by atoms with Crippen LogP contribution in [-0.4, -0.2) is 49.0 Å². The summed E-state index contributed by atoms with van der Waals surface area (Å²) < 4.78 is 1.13. The highest BCUT2D eigenvalue weighted by molar-refractivity contribution is 9.10. The number of nitrogens with one attached hydrogen (secondary N) is 1. The number of hydrogen-bond donors (Lipinski definition) is 1. The predicted octanol–water partition coefficient (Wildman–Crippen LogP) is 2.92. The Bertz CT molecular complexity index is 519. The highest BCUT2D eigenvalue weighted by Crippen LogP contribution is 2.23. The first-order valence-corrected chi connectivity index (χ1v) is 6.94. The molecular weight excluding hydrogens is 290 g/mol. The van der Waals surface area contributed by atoms with E-state index in [2.05, 4.69) is 76.3 Å². The van der Waals surface area contributed by atoms with Gasteiger partial charge in [-0.05, 0) is 44.9 Å². The lowest BCUT2D eigenvalue weighted by atomic mass is 10.1. The third-order valence-electron chi connectivity index (χ3n) is 3.10. The van der Waals surface area contributed by atoms with Gasteiger partial charge in [-0.1, -0.05) is 15.9 Å². The van der Waals surface area contributed by atoms with E-state index in [0.717, 1.165) is 24.1 Å². The molecule has 0 bridgehead atoms. The fourth-order valence-electron chi connectivity index (χ4n) is 2.02. The molecule has 0 saturated heterocycles. The molecule has 2 rings (SSSR count). The van der Waals surface area contributed by atoms with Crippen LogP contribution in [0.4, 0.5) is 0 Å². The Morgan fingerprint density at radius 3 is 2.67 bits per heavy atom. The number of hydrogen-bond acceptors (Lipinski definition) is 2. The molecule has 0 aliphatic heterocycles. The molecule has 0 fully saturated rings. The van der Waals surface area contributed by atoms with E-state index in [4.69, 9.17) is 0 Å². The SMILES string of the molecule is CN(C)CCN(C)Cc1c[nH]c2ccc(Br)cc12. The highest BCUT2D eigenvalue weighted by Gasteiger charge is 2.07. The third-order valence-corrected chi connectivity index (χ3v) is 3.59. The fraction of sp³-hybridized carbons (Fsp3) is 0.429. The van der Waals surface area contributed by atoms with Crippen molar-refractivity contribution in [1.82, 2.24) is 14.8 Å². The first-order chi connectivity index (χ1) is 8.56. The van der Waals surface area contributed by atoms with Crippen molar-refractivity contribution in [2.45, 2.75) is 6.54 Å². The number of likely N-dealkylation sites (N-methyl/N-ethyl adjacent to an activating group) is 2. The molecule has 1 aromatic carbocycles. The van der Waals surface area contributed by atoms with E-state index >= 15 is 0 Å². The van der Waals surface area contributed by atoms with E-state index in [1.807, 2.05) is 0 Å². The van der Waals surface area contributed by atoms with Crippen molar-refractivity contribution >= 4 is 26.8 Å². The quantitative estimate of drug-likeness (QED) is 0.917. The second-order valence-electron chi connectivity index (χ2n) is 5.04. The van der Waals surface area contributed by atoms with Crippen molar-refractivity contribution in [3.8, 4) is 0 Å². The molecule has 0 unspecified atom stereocenters. The second kappa shape index (κ2) is 5.87. The molecule has 0 spiro atoms. The van der Waals surface area contributed by atoms with E-state index < -0.39 is 0 Å². The zero-order valence-corrected chi connectivity index (χ0v) is 12.8. The Morgan fingerprint density at radius 1 is 1.17 bits per heavy atom. The molecule has 0 radical (unpaired) electrons. The fourth-order valence-corrected chi connectivity index (χ4v) is 2.38. The van der Waals surface area contributed by atoms with Crippen molar-refractivity contribution in [3.05, 3.63) is 34.4 Å². The average molecular weight is 310 g/mol. The Labute approximate surface area is 117 Å². The van der Waals surface area contributed by atoms with Crippen LogP contribution < -0.4 is 0 Å². The average Bonchev–Trinajstić information content (AvgIpc) is 2.69. The standard InChI is InChI=1S/C14H20BrN3/c1-17(2)6-7-18(3)10-11-9-16-14-5-4-12(15)8-13(11)14/h4-5,8-9,16H,6-7,10H2,1-3H3. The van der Waals surface area contributed by atoms with Gasteiger partial charge in [-0.2, -0.15) is 0 Å². The Balaban J connectivity index is 2.09. The first-order valence-electron chi connectivity index (χ1n) is 6.15. The third kappa shape index (κ3) is 3.34. The van der Waals surface area contributed by atoms with E-state index in [1.54, 1.807) is 0 Å². The minimum absolute atomic E-state index is 0.976. The van der Waals surface area contributed by atoms with Gasteiger partial charge in [-0.15, -0.1) is 0 Å². The van der Waals surface area contributed by atoms with Gasteiger partial charge in [0, 0.05) is 41.2 Å². The summed E-state index contributed by atoms with van der Waals surface area (Å²) in [5.74, 6) is 0. The maximum Gasteiger partial charge on any atom is 0.0458 e. The highest BCUT2D eigenvalue weighted by atomic mass is 79.9. The number of benzene rings is 1. The molecule has 4 heteroatoms. The van der Waals surface area contributed by atoms with Crippen LogP contribution in [0.5, 0.6) is 0 Å². The summed E-state index contributed by atoms with van der Waals surface area (Å²) in [4.78, 5) is 7.89. The van der Waals surface area contributed by atoms with Crippen LogP contribution in [0, 0.1) is 0 Å². The number of aromatic nitrogens is 1. The van der Waals surface area contributed by atoms with Gasteiger partial charge in [0.25, 0.3) is 0 Å². The number of halogens is 1. The summed E-state index contributed by atoms with van der Waals surface area (Å²) in [6, 6.07) is 6.36. The van der Waals surface area contributed by atoms with Crippen LogP contribution in [0.2, 0.25) is 0 Å². The van der Waals surface area contributed by atoms with Gasteiger partial charge in [0.15, 0.2) is 0 Å². The molecule has 1 aromatic heterocycles. The molecule has 0 atom stereocenters. The van der Waals surface area contributed by atoms with Crippen LogP contribution >= 0.6 is 15.9 Å². The maximum absolute atomic E-state index is 3.53. The minimum Gasteiger partial charge on any atom is -0.361 e. The molecule has 0 amide bonds. The van der Waals surface area contributed by atoms with Crippen LogP contribution in [0.15, 0.2) is 28.9 Å². The molecule has 0 aliphatic carbocycles. The lowest BCUT2D eigenvalue weighted by Crippen LogP contribution is -2.28. The van der Waals surface area contributed by atoms with E-state index in [1.165, 1.54) is 16.5 Å². The summed E-state index contributed by atoms with van der Waals surface area (Å²) >= 11 is 3.53. The molecule has 98 valence electrons. The summed E-state index contributed by atoms with van der Waals surface area (Å²) in [6.45, 7) is 3.14. The number of rotatable bonds is 5. The van der Waals surface area contributed by atoms with E-state index in [-0.39, 0.29) is 0 Å². The van der Waals surface area contributed by atoms with Crippen molar-refractivity contribution in [2.75, 3.05) is 34.2 Å². The summed E-state index contributed by atoms with van der Waals surface area (Å²) in [7, 11) is 6.38. The normalized spacial score (nSPS) is 11.9. The Hall–Kier alpha value is -0.840. The molecule has 1 heterocycles. The van der Waals surface area contributed by atoms with Gasteiger partial charge in [0.1, 0.15) is 0 Å². The second-order valence-corrected chi connectivity index (χ2v) is 5.96. The summed E-state index contributed by atoms with van der Waals surface area (Å²) in [5.41, 5.74) is 2.56. The summed E-state index contributed by atoms with van der Waals surface area (Å²) in [5, 5.41) is 1.31. The van der Waals surface area contributed by atoms with Gasteiger partial charge in [0.2, 0.25) is 0 Å². The maximum atomic E-state index is 3.53. The smallest absolute Gasteiger partial charge is 0.0458 e. The lowest BCUT2D eigenvalue weighted by molar-refractivity contribution is 0.277. The van der Waals surface area contributed by atoms with Gasteiger partial charge < -0.3 is 14.8 Å². The number of aromatic amines is 1. The minimum atomic E-state index is 0.976. The van der Waals surface area contributed by atoms with E-state index in [9.17, 15) is 0 Å². The van der Waals surface area contributed by atoms with Crippen molar-refractivity contribution < 1.29 is 0 Å². The first kappa shape index (κ1) is 13.6. The Morgan fingerprint density at radius 2 is 1.94 bits per heavy atom. The van der Waals surface area contributed by atoms with Crippen molar-refractivity contribution in [2.24, 2.45) is 0 Å². The van der Waals surface area contributed by atoms with Gasteiger partial charge in [0.05, 0.1) is 0 Å². The summed E-state index contributed by atoms with van der Waals surface area (Å²) in [6.07, 6.45) is 2.11. The van der Waals surface area contributed by atoms with Crippen molar-refractivity contribution in [1.29, 1.82) is 0 Å². The van der Waals surface area contributed by atoms with Gasteiger partial charge >= 0.3 is 0 Å². The lowest BCUT2D eigenvalue weighted by Gasteiger charge is -2.18. The Kier molecular flexibility index (Phi) is 4.43. The van der Waals surface area contributed by atoms with E-state index in [0.29, 0.717) is 0 Å². The monoisotopic (exact) mass is 309 g/mol. The van der Waals surface area contributed by atoms with Crippen molar-refractivity contribution in [3.63, 3.8) is 0 Å².